The van der Waals surface area contributed by atoms with Crippen molar-refractivity contribution in [3.05, 3.63) is 181 Å². The van der Waals surface area contributed by atoms with Gasteiger partial charge in [-0.3, -0.25) is 0 Å². The van der Waals surface area contributed by atoms with E-state index in [-0.39, 0.29) is 5.56 Å². The van der Waals surface area contributed by atoms with Crippen LogP contribution in [0.4, 0.5) is 0 Å². The molecule has 11 aromatic rings. The summed E-state index contributed by atoms with van der Waals surface area (Å²) in [5, 5.41) is -3.47. The van der Waals surface area contributed by atoms with Crippen molar-refractivity contribution in [2.45, 2.75) is 6.92 Å². The van der Waals surface area contributed by atoms with Gasteiger partial charge in [0.2, 0.25) is 0 Å². The minimum absolute atomic E-state index is 0.181. The maximum Gasteiger partial charge on any atom is 0.138 e. The lowest BCUT2D eigenvalue weighted by Gasteiger charge is -2.13. The van der Waals surface area contributed by atoms with Crippen LogP contribution in [0.25, 0.3) is 99.2 Å². The Bertz CT molecular complexity index is 4820. The highest BCUT2D eigenvalue weighted by Gasteiger charge is 2.21. The molecular formula is C49H32N2O. The van der Waals surface area contributed by atoms with Crippen LogP contribution in [0, 0.1) is 6.92 Å². The van der Waals surface area contributed by atoms with Gasteiger partial charge in [0, 0.05) is 32.6 Å². The summed E-state index contributed by atoms with van der Waals surface area (Å²) in [6.45, 7) is 1.28. The third-order valence-corrected chi connectivity index (χ3v) is 8.66. The molecule has 0 N–H and O–H groups in total. The fourth-order valence-electron chi connectivity index (χ4n) is 6.44. The van der Waals surface area contributed by atoms with E-state index in [9.17, 15) is 15.1 Å². The van der Waals surface area contributed by atoms with Gasteiger partial charge in [-0.25, -0.2) is 0 Å². The van der Waals surface area contributed by atoms with E-state index in [1.165, 1.54) is 6.92 Å². The quantitative estimate of drug-likeness (QED) is 0.180. The van der Waals surface area contributed by atoms with Crippen molar-refractivity contribution in [2.75, 3.05) is 0 Å². The Labute approximate surface area is 340 Å². The molecule has 0 saturated carbocycles. The first kappa shape index (κ1) is 12.4. The molecule has 3 heterocycles. The molecule has 0 spiro atoms. The van der Waals surface area contributed by atoms with Crippen LogP contribution in [-0.2, 0) is 0 Å². The highest BCUT2D eigenvalue weighted by Crippen LogP contribution is 2.42. The van der Waals surface area contributed by atoms with E-state index in [0.29, 0.717) is 0 Å². The SMILES string of the molecule is [2H]c1c([2H])c([2H])c(-c2c([2H])c(-n3c4c([2H])c([2H])c([2H])c([2H])c4c4c([2H])c([2H])c(-c5c([2H])c([2H])c6c(c5[2H])c5c([2H])c([2H])c([2H])c([2H])c5n6-c5c([2H])c([2H])c([2H])c([2H])c5C)c([2H])c43)c3c(oc4c([2H])c([2H])c([2H])c([2H])c43)c2[2H])c([2H])c1[2H]. The van der Waals surface area contributed by atoms with Crippen molar-refractivity contribution >= 4 is 65.6 Å². The smallest absolute Gasteiger partial charge is 0.138 e. The Kier molecular flexibility index (Phi) is 2.65. The van der Waals surface area contributed by atoms with E-state index >= 15 is 0 Å². The summed E-state index contributed by atoms with van der Waals surface area (Å²) < 4.78 is 271. The lowest BCUT2D eigenvalue weighted by Crippen LogP contribution is -1.96. The van der Waals surface area contributed by atoms with Gasteiger partial charge in [0.15, 0.2) is 0 Å². The molecule has 0 aliphatic carbocycles. The molecule has 52 heavy (non-hydrogen) atoms. The maximum atomic E-state index is 10.2. The third-order valence-electron chi connectivity index (χ3n) is 8.66. The van der Waals surface area contributed by atoms with Gasteiger partial charge in [-0.2, -0.15) is 0 Å². The second-order valence-corrected chi connectivity index (χ2v) is 11.5. The Balaban J connectivity index is 1.43. The summed E-state index contributed by atoms with van der Waals surface area (Å²) in [5.41, 5.74) is -8.63. The Morgan fingerprint density at radius 1 is 0.385 bits per heavy atom. The number of para-hydroxylation sites is 4. The molecule has 0 fully saturated rings. The lowest BCUT2D eigenvalue weighted by atomic mass is 10.0. The molecule has 0 atom stereocenters. The van der Waals surface area contributed by atoms with E-state index in [1.54, 1.807) is 0 Å². The summed E-state index contributed by atoms with van der Waals surface area (Å²) in [4.78, 5) is 0. The second-order valence-electron chi connectivity index (χ2n) is 11.5. The minimum Gasteiger partial charge on any atom is -0.456 e. The molecule has 11 rings (SSSR count). The molecule has 0 aliphatic rings. The van der Waals surface area contributed by atoms with Crippen LogP contribution in [-0.4, -0.2) is 9.13 Å². The summed E-state index contributed by atoms with van der Waals surface area (Å²) >= 11 is 0. The highest BCUT2D eigenvalue weighted by molar-refractivity contribution is 6.16. The Morgan fingerprint density at radius 2 is 0.981 bits per heavy atom. The summed E-state index contributed by atoms with van der Waals surface area (Å²) in [7, 11) is 0. The first-order chi connectivity index (χ1) is 37.8. The summed E-state index contributed by atoms with van der Waals surface area (Å²) in [5.74, 6) is 0. The highest BCUT2D eigenvalue weighted by atomic mass is 16.3. The predicted molar refractivity (Wildman–Crippen MR) is 218 cm³/mol. The zero-order chi connectivity index (χ0) is 59.6. The number of fused-ring (bicyclic) bond motifs is 9. The van der Waals surface area contributed by atoms with E-state index in [2.05, 4.69) is 0 Å². The van der Waals surface area contributed by atoms with Gasteiger partial charge < -0.3 is 13.6 Å². The molecule has 8 aromatic carbocycles. The minimum atomic E-state index is -1.04. The van der Waals surface area contributed by atoms with Crippen molar-refractivity contribution in [1.29, 1.82) is 0 Å². The van der Waals surface area contributed by atoms with Gasteiger partial charge in [0.1, 0.15) is 11.2 Å². The maximum absolute atomic E-state index is 10.2. The summed E-state index contributed by atoms with van der Waals surface area (Å²) in [6.07, 6.45) is 0. The van der Waals surface area contributed by atoms with E-state index in [0.717, 1.165) is 9.13 Å². The topological polar surface area (TPSA) is 23.0 Å². The van der Waals surface area contributed by atoms with E-state index in [4.69, 9.17) is 29.1 Å². The number of aromatic nitrogens is 2. The van der Waals surface area contributed by atoms with Crippen LogP contribution in [0.15, 0.2) is 180 Å². The molecule has 0 aliphatic heterocycles. The number of nitrogens with zero attached hydrogens (tertiary/aromatic N) is 2. The zero-order valence-corrected chi connectivity index (χ0v) is 26.3. The molecule has 0 bridgehead atoms. The normalized spacial score (nSPS) is 19.8. The molecule has 3 nitrogen and oxygen atoms in total. The second kappa shape index (κ2) is 11.1. The molecular weight excluding hydrogens is 633 g/mol. The molecule has 0 radical (unpaired) electrons. The first-order valence-corrected chi connectivity index (χ1v) is 15.5. The lowest BCUT2D eigenvalue weighted by molar-refractivity contribution is 0.669. The van der Waals surface area contributed by atoms with Crippen LogP contribution >= 0.6 is 0 Å². The van der Waals surface area contributed by atoms with Crippen molar-refractivity contribution < 1.29 is 44.2 Å². The van der Waals surface area contributed by atoms with Gasteiger partial charge in [-0.05, 0) is 89.1 Å². The van der Waals surface area contributed by atoms with Gasteiger partial charge in [-0.15, -0.1) is 0 Å². The molecule has 3 heteroatoms. The molecule has 0 saturated heterocycles. The van der Waals surface area contributed by atoms with Crippen molar-refractivity contribution in [1.82, 2.24) is 9.13 Å². The first-order valence-electron chi connectivity index (χ1n) is 30.0. The van der Waals surface area contributed by atoms with Crippen LogP contribution in [0.2, 0.25) is 0 Å². The third kappa shape index (κ3) is 4.20. The van der Waals surface area contributed by atoms with Crippen molar-refractivity contribution in [2.24, 2.45) is 0 Å². The number of benzene rings is 8. The Morgan fingerprint density at radius 3 is 1.81 bits per heavy atom. The van der Waals surface area contributed by atoms with Gasteiger partial charge in [-0.1, -0.05) is 121 Å². The van der Waals surface area contributed by atoms with Gasteiger partial charge >= 0.3 is 0 Å². The van der Waals surface area contributed by atoms with Crippen LogP contribution in [0.3, 0.4) is 0 Å². The zero-order valence-electron chi connectivity index (χ0n) is 55.3. The standard InChI is InChI=1S/C49H32N2O/c1-31-13-5-9-19-41(31)50-43-21-11-7-17-37(43)40-27-33(24-26-44(40)50)34-23-25-38-36-16-6-10-20-42(36)51(45(38)28-34)46-29-35(32-14-3-2-4-15-32)30-48-49(46)39-18-8-12-22-47(39)52-48/h2-30H,1H3/i2D,3D,4D,5D,6D,7D,8D,9D,10D,11D,12D,13D,14D,15D,16D,17D,18D,19D,20D,21D,22D,23D,24D,25D,26D,27D,28D,29D,30D. The van der Waals surface area contributed by atoms with Crippen LogP contribution < -0.4 is 0 Å². The Hall–Kier alpha value is -6.84. The average Bonchev–Trinajstić information content (AvgIpc) is 4.25. The van der Waals surface area contributed by atoms with E-state index < -0.39 is 274 Å². The van der Waals surface area contributed by atoms with Gasteiger partial charge in [0.25, 0.3) is 0 Å². The van der Waals surface area contributed by atoms with Crippen molar-refractivity contribution in [3.63, 3.8) is 0 Å². The van der Waals surface area contributed by atoms with Crippen LogP contribution in [0.1, 0.15) is 45.3 Å². The fourth-order valence-corrected chi connectivity index (χ4v) is 6.44. The van der Waals surface area contributed by atoms with Crippen LogP contribution in [0.5, 0.6) is 0 Å². The number of rotatable bonds is 4. The molecule has 244 valence electrons. The van der Waals surface area contributed by atoms with Crippen molar-refractivity contribution in [3.8, 4) is 33.6 Å². The summed E-state index contributed by atoms with van der Waals surface area (Å²) in [6, 6.07) is -25.9. The number of hydrogen-bond acceptors (Lipinski definition) is 1. The fraction of sp³-hybridized carbons (Fsp3) is 0.0204. The predicted octanol–water partition coefficient (Wildman–Crippen LogP) is 13.4. The largest absolute Gasteiger partial charge is 0.456 e. The van der Waals surface area contributed by atoms with E-state index in [1.807, 2.05) is 0 Å². The number of hydrogen-bond donors (Lipinski definition) is 0. The molecule has 0 amide bonds. The van der Waals surface area contributed by atoms with Gasteiger partial charge in [0.05, 0.1) is 72.9 Å². The number of furan rings is 1. The molecule has 3 aromatic heterocycles. The molecule has 0 unspecified atom stereocenters. The monoisotopic (exact) mass is 693 g/mol. The average molecular weight is 694 g/mol.